The fraction of sp³-hybridized carbons (Fsp3) is 0.467. The van der Waals surface area contributed by atoms with Crippen LogP contribution in [0.25, 0.3) is 0 Å². The second-order valence-electron chi connectivity index (χ2n) is 5.63. The Balaban J connectivity index is 2.00. The maximum Gasteiger partial charge on any atom is -0.0157 e. The SMILES string of the molecule is CC(C)(C)CCC1=CC=C2C=CCC=C21. The minimum Gasteiger partial charge on any atom is -0.0801 e. The maximum absolute atomic E-state index is 2.35. The molecular formula is C15H20. The topological polar surface area (TPSA) is 0 Å². The summed E-state index contributed by atoms with van der Waals surface area (Å²) in [6.07, 6.45) is 14.9. The Kier molecular flexibility index (Phi) is 2.68. The number of hydrogen-bond acceptors (Lipinski definition) is 0. The van der Waals surface area contributed by atoms with Crippen LogP contribution in [0.1, 0.15) is 40.0 Å². The van der Waals surface area contributed by atoms with Gasteiger partial charge in [0, 0.05) is 0 Å². The molecular weight excluding hydrogens is 180 g/mol. The van der Waals surface area contributed by atoms with E-state index >= 15 is 0 Å². The summed E-state index contributed by atoms with van der Waals surface area (Å²) in [6.45, 7) is 6.93. The van der Waals surface area contributed by atoms with Crippen LogP contribution in [-0.4, -0.2) is 0 Å². The average molecular weight is 200 g/mol. The van der Waals surface area contributed by atoms with Gasteiger partial charge in [-0.05, 0) is 41.4 Å². The summed E-state index contributed by atoms with van der Waals surface area (Å²) in [7, 11) is 0. The zero-order chi connectivity index (χ0) is 10.9. The quantitative estimate of drug-likeness (QED) is 0.612. The normalized spacial score (nSPS) is 19.5. The smallest absolute Gasteiger partial charge is 0.0157 e. The van der Waals surface area contributed by atoms with E-state index in [2.05, 4.69) is 51.2 Å². The van der Waals surface area contributed by atoms with Gasteiger partial charge in [0.2, 0.25) is 0 Å². The van der Waals surface area contributed by atoms with Crippen LogP contribution in [-0.2, 0) is 0 Å². The predicted molar refractivity (Wildman–Crippen MR) is 66.7 cm³/mol. The summed E-state index contributed by atoms with van der Waals surface area (Å²) in [4.78, 5) is 0. The molecule has 0 saturated heterocycles. The van der Waals surface area contributed by atoms with Gasteiger partial charge in [-0.15, -0.1) is 0 Å². The van der Waals surface area contributed by atoms with Crippen molar-refractivity contribution in [1.82, 2.24) is 0 Å². The van der Waals surface area contributed by atoms with E-state index in [-0.39, 0.29) is 0 Å². The van der Waals surface area contributed by atoms with E-state index in [9.17, 15) is 0 Å². The van der Waals surface area contributed by atoms with Gasteiger partial charge in [-0.1, -0.05) is 51.2 Å². The molecule has 0 heteroatoms. The Labute approximate surface area is 93.1 Å². The summed E-state index contributed by atoms with van der Waals surface area (Å²) in [5.41, 5.74) is 4.87. The van der Waals surface area contributed by atoms with Crippen LogP contribution in [0.15, 0.2) is 47.1 Å². The molecule has 0 saturated carbocycles. The Hall–Kier alpha value is -1.04. The molecule has 0 atom stereocenters. The van der Waals surface area contributed by atoms with Crippen LogP contribution < -0.4 is 0 Å². The van der Waals surface area contributed by atoms with Crippen molar-refractivity contribution in [2.45, 2.75) is 40.0 Å². The molecule has 0 bridgehead atoms. The highest BCUT2D eigenvalue weighted by Gasteiger charge is 2.17. The van der Waals surface area contributed by atoms with E-state index < -0.39 is 0 Å². The fourth-order valence-corrected chi connectivity index (χ4v) is 2.06. The first-order valence-electron chi connectivity index (χ1n) is 5.84. The van der Waals surface area contributed by atoms with Crippen LogP contribution in [0.5, 0.6) is 0 Å². The molecule has 0 unspecified atom stereocenters. The van der Waals surface area contributed by atoms with Gasteiger partial charge in [-0.2, -0.15) is 0 Å². The third-order valence-electron chi connectivity index (χ3n) is 3.02. The van der Waals surface area contributed by atoms with E-state index in [0.717, 1.165) is 6.42 Å². The van der Waals surface area contributed by atoms with E-state index in [1.165, 1.54) is 29.6 Å². The highest BCUT2D eigenvalue weighted by molar-refractivity contribution is 5.60. The standard InChI is InChI=1S/C15H20/c1-15(2,3)11-10-13-9-8-12-6-4-5-7-14(12)13/h4,6-9H,5,10-11H2,1-3H3. The van der Waals surface area contributed by atoms with Gasteiger partial charge in [0.25, 0.3) is 0 Å². The average Bonchev–Trinajstić information content (AvgIpc) is 2.57. The number of rotatable bonds is 2. The number of fused-ring (bicyclic) bond motifs is 1. The van der Waals surface area contributed by atoms with Gasteiger partial charge in [0.05, 0.1) is 0 Å². The molecule has 15 heavy (non-hydrogen) atoms. The summed E-state index contributed by atoms with van der Waals surface area (Å²) in [5, 5.41) is 0. The molecule has 0 N–H and O–H groups in total. The van der Waals surface area contributed by atoms with Gasteiger partial charge < -0.3 is 0 Å². The molecule has 0 spiro atoms. The highest BCUT2D eigenvalue weighted by atomic mass is 14.2. The minimum absolute atomic E-state index is 0.439. The molecule has 2 aliphatic rings. The molecule has 0 aromatic carbocycles. The lowest BCUT2D eigenvalue weighted by atomic mass is 9.86. The molecule has 2 aliphatic carbocycles. The lowest BCUT2D eigenvalue weighted by Gasteiger charge is -2.19. The van der Waals surface area contributed by atoms with Crippen molar-refractivity contribution < 1.29 is 0 Å². The Morgan fingerprint density at radius 2 is 2.00 bits per heavy atom. The molecule has 0 amide bonds. The van der Waals surface area contributed by atoms with E-state index in [1.54, 1.807) is 0 Å². The van der Waals surface area contributed by atoms with Crippen molar-refractivity contribution in [1.29, 1.82) is 0 Å². The Morgan fingerprint density at radius 3 is 2.73 bits per heavy atom. The first-order chi connectivity index (χ1) is 7.06. The summed E-state index contributed by atoms with van der Waals surface area (Å²) < 4.78 is 0. The lowest BCUT2D eigenvalue weighted by Crippen LogP contribution is -2.05. The van der Waals surface area contributed by atoms with Crippen molar-refractivity contribution in [2.75, 3.05) is 0 Å². The van der Waals surface area contributed by atoms with Gasteiger partial charge in [0.15, 0.2) is 0 Å². The molecule has 0 heterocycles. The molecule has 0 aromatic rings. The second-order valence-corrected chi connectivity index (χ2v) is 5.63. The van der Waals surface area contributed by atoms with Crippen LogP contribution in [0.3, 0.4) is 0 Å². The van der Waals surface area contributed by atoms with Crippen LogP contribution in [0, 0.1) is 5.41 Å². The summed E-state index contributed by atoms with van der Waals surface area (Å²) in [5.74, 6) is 0. The predicted octanol–water partition coefficient (Wildman–Crippen LogP) is 4.57. The third-order valence-corrected chi connectivity index (χ3v) is 3.02. The monoisotopic (exact) mass is 200 g/mol. The van der Waals surface area contributed by atoms with Gasteiger partial charge in [-0.25, -0.2) is 0 Å². The summed E-state index contributed by atoms with van der Waals surface area (Å²) >= 11 is 0. The zero-order valence-electron chi connectivity index (χ0n) is 10.0. The van der Waals surface area contributed by atoms with Gasteiger partial charge in [0.1, 0.15) is 0 Å². The van der Waals surface area contributed by atoms with Gasteiger partial charge in [-0.3, -0.25) is 0 Å². The number of hydrogen-bond donors (Lipinski definition) is 0. The van der Waals surface area contributed by atoms with E-state index in [1.807, 2.05) is 0 Å². The largest absolute Gasteiger partial charge is 0.0801 e. The van der Waals surface area contributed by atoms with Crippen LogP contribution in [0.2, 0.25) is 0 Å². The second kappa shape index (κ2) is 3.84. The van der Waals surface area contributed by atoms with Crippen molar-refractivity contribution in [2.24, 2.45) is 5.41 Å². The van der Waals surface area contributed by atoms with Crippen LogP contribution >= 0.6 is 0 Å². The number of allylic oxidation sites excluding steroid dienone is 8. The Morgan fingerprint density at radius 1 is 1.20 bits per heavy atom. The van der Waals surface area contributed by atoms with E-state index in [0.29, 0.717) is 5.41 Å². The van der Waals surface area contributed by atoms with E-state index in [4.69, 9.17) is 0 Å². The maximum atomic E-state index is 2.35. The highest BCUT2D eigenvalue weighted by Crippen LogP contribution is 2.35. The molecule has 0 radical (unpaired) electrons. The lowest BCUT2D eigenvalue weighted by molar-refractivity contribution is 0.378. The first-order valence-corrected chi connectivity index (χ1v) is 5.84. The Bertz CT molecular complexity index is 367. The van der Waals surface area contributed by atoms with Crippen molar-refractivity contribution in [3.05, 3.63) is 47.1 Å². The van der Waals surface area contributed by atoms with Crippen molar-refractivity contribution >= 4 is 0 Å². The zero-order valence-corrected chi connectivity index (χ0v) is 10.0. The molecule has 2 rings (SSSR count). The molecule has 0 nitrogen and oxygen atoms in total. The molecule has 0 fully saturated rings. The minimum atomic E-state index is 0.439. The van der Waals surface area contributed by atoms with Crippen molar-refractivity contribution in [3.8, 4) is 0 Å². The molecule has 0 aliphatic heterocycles. The first kappa shape index (κ1) is 10.5. The van der Waals surface area contributed by atoms with Crippen molar-refractivity contribution in [3.63, 3.8) is 0 Å². The van der Waals surface area contributed by atoms with Crippen LogP contribution in [0.4, 0.5) is 0 Å². The molecule has 80 valence electrons. The third kappa shape index (κ3) is 2.50. The van der Waals surface area contributed by atoms with Gasteiger partial charge >= 0.3 is 0 Å². The fourth-order valence-electron chi connectivity index (χ4n) is 2.06. The molecule has 0 aromatic heterocycles. The summed E-state index contributed by atoms with van der Waals surface area (Å²) in [6, 6.07) is 0.